The van der Waals surface area contributed by atoms with E-state index in [-0.39, 0.29) is 5.56 Å². The number of carboxylic acid groups (broad SMARTS) is 1. The van der Waals surface area contributed by atoms with Crippen LogP contribution in [-0.2, 0) is 6.54 Å². The summed E-state index contributed by atoms with van der Waals surface area (Å²) in [6, 6.07) is 6.94. The van der Waals surface area contributed by atoms with E-state index in [0.717, 1.165) is 24.3 Å². The summed E-state index contributed by atoms with van der Waals surface area (Å²) in [6.07, 6.45) is 1.35. The molecule has 0 unspecified atom stereocenters. The Bertz CT molecular complexity index is 737. The van der Waals surface area contributed by atoms with E-state index >= 15 is 0 Å². The van der Waals surface area contributed by atoms with E-state index in [1.807, 2.05) is 11.0 Å². The molecule has 2 heterocycles. The highest BCUT2D eigenvalue weighted by atomic mass is 35.5. The molecule has 0 fully saturated rings. The fourth-order valence-electron chi connectivity index (χ4n) is 2.41. The smallest absolute Gasteiger partial charge is 0.337 e. The molecule has 0 aliphatic carbocycles. The molecule has 0 radical (unpaired) electrons. The zero-order chi connectivity index (χ0) is 15.7. The van der Waals surface area contributed by atoms with Crippen molar-refractivity contribution in [3.8, 4) is 0 Å². The number of halogens is 2. The maximum atomic E-state index is 11.1. The third kappa shape index (κ3) is 2.96. The second kappa shape index (κ2) is 6.02. The number of nitrogens with one attached hydrogen (secondary N) is 1. The van der Waals surface area contributed by atoms with Gasteiger partial charge in [-0.15, -0.1) is 0 Å². The molecule has 0 spiro atoms. The minimum atomic E-state index is -0.999. The summed E-state index contributed by atoms with van der Waals surface area (Å²) < 4.78 is 0. The lowest BCUT2D eigenvalue weighted by Gasteiger charge is -2.31. The molecule has 114 valence electrons. The maximum absolute atomic E-state index is 11.1. The van der Waals surface area contributed by atoms with Gasteiger partial charge in [-0.3, -0.25) is 0 Å². The van der Waals surface area contributed by atoms with Gasteiger partial charge < -0.3 is 15.3 Å². The lowest BCUT2D eigenvalue weighted by Crippen LogP contribution is -2.34. The molecule has 1 aliphatic heterocycles. The van der Waals surface area contributed by atoms with E-state index in [1.165, 1.54) is 6.20 Å². The average Bonchev–Trinajstić information content (AvgIpc) is 2.50. The molecule has 0 atom stereocenters. The van der Waals surface area contributed by atoms with Crippen LogP contribution in [0.3, 0.4) is 0 Å². The van der Waals surface area contributed by atoms with Crippen molar-refractivity contribution in [2.45, 2.75) is 6.54 Å². The Balaban J connectivity index is 1.95. The number of hydrogen-bond donors (Lipinski definition) is 2. The van der Waals surface area contributed by atoms with Crippen LogP contribution < -0.4 is 10.2 Å². The van der Waals surface area contributed by atoms with Crippen LogP contribution in [0.25, 0.3) is 0 Å². The van der Waals surface area contributed by atoms with Gasteiger partial charge in [-0.05, 0) is 29.8 Å². The number of rotatable bonds is 3. The summed E-state index contributed by atoms with van der Waals surface area (Å²) in [5.74, 6) is -0.323. The second-order valence-electron chi connectivity index (χ2n) is 4.98. The average molecular weight is 338 g/mol. The van der Waals surface area contributed by atoms with Gasteiger partial charge in [0, 0.05) is 35.9 Å². The van der Waals surface area contributed by atoms with Crippen molar-refractivity contribution in [2.24, 2.45) is 0 Å². The molecular formula is C15H13Cl2N3O2. The highest BCUT2D eigenvalue weighted by Crippen LogP contribution is 2.31. The van der Waals surface area contributed by atoms with Crippen molar-refractivity contribution in [1.29, 1.82) is 0 Å². The molecule has 22 heavy (non-hydrogen) atoms. The monoisotopic (exact) mass is 337 g/mol. The molecule has 2 N–H and O–H groups in total. The van der Waals surface area contributed by atoms with Crippen LogP contribution in [-0.4, -0.2) is 29.1 Å². The highest BCUT2D eigenvalue weighted by molar-refractivity contribution is 6.33. The van der Waals surface area contributed by atoms with Crippen LogP contribution in [0.2, 0.25) is 10.0 Å². The van der Waals surface area contributed by atoms with Gasteiger partial charge in [0.1, 0.15) is 5.82 Å². The first kappa shape index (κ1) is 14.9. The van der Waals surface area contributed by atoms with Crippen molar-refractivity contribution in [1.82, 2.24) is 4.98 Å². The number of anilines is 2. The number of pyridine rings is 1. The van der Waals surface area contributed by atoms with E-state index in [0.29, 0.717) is 22.4 Å². The zero-order valence-electron chi connectivity index (χ0n) is 11.5. The molecule has 0 saturated heterocycles. The van der Waals surface area contributed by atoms with Gasteiger partial charge in [0.25, 0.3) is 0 Å². The van der Waals surface area contributed by atoms with Crippen molar-refractivity contribution >= 4 is 40.7 Å². The van der Waals surface area contributed by atoms with E-state index < -0.39 is 5.97 Å². The highest BCUT2D eigenvalue weighted by Gasteiger charge is 2.20. The number of nitrogens with zero attached hydrogens (tertiary/aromatic N) is 2. The molecule has 1 aliphatic rings. The SMILES string of the molecule is O=C(O)c1cnc2c(c1)N(Cc1cc(Cl)ccc1Cl)CCN2. The van der Waals surface area contributed by atoms with E-state index in [4.69, 9.17) is 28.3 Å². The first-order valence-corrected chi connectivity index (χ1v) is 7.46. The first-order chi connectivity index (χ1) is 10.5. The largest absolute Gasteiger partial charge is 0.478 e. The zero-order valence-corrected chi connectivity index (χ0v) is 13.0. The predicted octanol–water partition coefficient (Wildman–Crippen LogP) is 3.52. The summed E-state index contributed by atoms with van der Waals surface area (Å²) in [6.45, 7) is 1.99. The van der Waals surface area contributed by atoms with Crippen molar-refractivity contribution in [2.75, 3.05) is 23.3 Å². The Morgan fingerprint density at radius 3 is 2.95 bits per heavy atom. The minimum absolute atomic E-state index is 0.157. The topological polar surface area (TPSA) is 65.5 Å². The summed E-state index contributed by atoms with van der Waals surface area (Å²) in [5, 5.41) is 13.5. The van der Waals surface area contributed by atoms with Gasteiger partial charge in [-0.2, -0.15) is 0 Å². The van der Waals surface area contributed by atoms with Crippen molar-refractivity contribution in [3.05, 3.63) is 51.6 Å². The summed E-state index contributed by atoms with van der Waals surface area (Å²) >= 11 is 12.2. The third-order valence-corrected chi connectivity index (χ3v) is 4.10. The predicted molar refractivity (Wildman–Crippen MR) is 87.2 cm³/mol. The van der Waals surface area contributed by atoms with Crippen molar-refractivity contribution < 1.29 is 9.90 Å². The summed E-state index contributed by atoms with van der Waals surface area (Å²) in [7, 11) is 0. The third-order valence-electron chi connectivity index (χ3n) is 3.50. The Morgan fingerprint density at radius 2 is 2.18 bits per heavy atom. The van der Waals surface area contributed by atoms with Gasteiger partial charge in [-0.1, -0.05) is 23.2 Å². The number of fused-ring (bicyclic) bond motifs is 1. The molecule has 1 aromatic heterocycles. The van der Waals surface area contributed by atoms with Crippen LogP contribution in [0.15, 0.2) is 30.5 Å². The number of benzene rings is 1. The molecule has 0 bridgehead atoms. The van der Waals surface area contributed by atoms with E-state index in [9.17, 15) is 4.79 Å². The van der Waals surface area contributed by atoms with Gasteiger partial charge in [0.05, 0.1) is 11.3 Å². The number of carbonyl (C=O) groups is 1. The van der Waals surface area contributed by atoms with Crippen LogP contribution in [0, 0.1) is 0 Å². The fraction of sp³-hybridized carbons (Fsp3) is 0.200. The van der Waals surface area contributed by atoms with Crippen LogP contribution in [0.4, 0.5) is 11.5 Å². The van der Waals surface area contributed by atoms with Crippen molar-refractivity contribution in [3.63, 3.8) is 0 Å². The second-order valence-corrected chi connectivity index (χ2v) is 5.82. The minimum Gasteiger partial charge on any atom is -0.478 e. The number of hydrogen-bond acceptors (Lipinski definition) is 4. The van der Waals surface area contributed by atoms with Gasteiger partial charge in [0.2, 0.25) is 0 Å². The molecule has 0 amide bonds. The summed E-state index contributed by atoms with van der Waals surface area (Å²) in [4.78, 5) is 17.4. The quantitative estimate of drug-likeness (QED) is 0.896. The number of carboxylic acids is 1. The summed E-state index contributed by atoms with van der Waals surface area (Å²) in [5.41, 5.74) is 1.80. The van der Waals surface area contributed by atoms with Gasteiger partial charge in [0.15, 0.2) is 0 Å². The van der Waals surface area contributed by atoms with Crippen LogP contribution in [0.1, 0.15) is 15.9 Å². The molecule has 1 aromatic carbocycles. The molecule has 7 heteroatoms. The molecule has 3 rings (SSSR count). The van der Waals surface area contributed by atoms with Crippen LogP contribution in [0.5, 0.6) is 0 Å². The molecule has 5 nitrogen and oxygen atoms in total. The lowest BCUT2D eigenvalue weighted by atomic mass is 10.1. The Hall–Kier alpha value is -1.98. The van der Waals surface area contributed by atoms with Gasteiger partial charge >= 0.3 is 5.97 Å². The molecular weight excluding hydrogens is 325 g/mol. The Kier molecular flexibility index (Phi) is 4.09. The normalized spacial score (nSPS) is 13.5. The maximum Gasteiger partial charge on any atom is 0.337 e. The lowest BCUT2D eigenvalue weighted by molar-refractivity contribution is 0.0696. The Morgan fingerprint density at radius 1 is 1.36 bits per heavy atom. The Labute approximate surface area is 137 Å². The van der Waals surface area contributed by atoms with Gasteiger partial charge in [-0.25, -0.2) is 9.78 Å². The molecule has 2 aromatic rings. The van der Waals surface area contributed by atoms with Crippen LogP contribution >= 0.6 is 23.2 Å². The van der Waals surface area contributed by atoms with E-state index in [2.05, 4.69) is 10.3 Å². The van der Waals surface area contributed by atoms with E-state index in [1.54, 1.807) is 18.2 Å². The molecule has 0 saturated carbocycles. The number of aromatic nitrogens is 1. The first-order valence-electron chi connectivity index (χ1n) is 6.70. The number of aromatic carboxylic acids is 1. The fourth-order valence-corrected chi connectivity index (χ4v) is 2.78. The standard InChI is InChI=1S/C15H13Cl2N3O2/c16-11-1-2-12(17)10(5-11)8-20-4-3-18-14-13(20)6-9(7-19-14)15(21)22/h1-2,5-7H,3-4,8H2,(H,18,19)(H,21,22).